The minimum atomic E-state index is -0.00530. The maximum atomic E-state index is 12.1. The van der Waals surface area contributed by atoms with Crippen LogP contribution in [0, 0.1) is 0 Å². The van der Waals surface area contributed by atoms with E-state index in [9.17, 15) is 4.79 Å². The molecule has 0 radical (unpaired) electrons. The minimum absolute atomic E-state index is 0.00530. The van der Waals surface area contributed by atoms with Crippen molar-refractivity contribution in [2.45, 2.75) is 25.7 Å². The highest BCUT2D eigenvalue weighted by atomic mass is 79.9. The van der Waals surface area contributed by atoms with Crippen molar-refractivity contribution in [2.24, 2.45) is 0 Å². The van der Waals surface area contributed by atoms with Crippen molar-refractivity contribution >= 4 is 27.5 Å². The van der Waals surface area contributed by atoms with E-state index >= 15 is 0 Å². The molecular formula is C19H22BrNO3. The number of halogens is 1. The molecule has 128 valence electrons. The van der Waals surface area contributed by atoms with Gasteiger partial charge in [-0.25, -0.2) is 0 Å². The number of hydrogen-bond donors (Lipinski definition) is 1. The average molecular weight is 392 g/mol. The van der Waals surface area contributed by atoms with Crippen molar-refractivity contribution < 1.29 is 14.3 Å². The predicted octanol–water partition coefficient (Wildman–Crippen LogP) is 4.82. The van der Waals surface area contributed by atoms with Crippen molar-refractivity contribution in [2.75, 3.05) is 19.5 Å². The minimum Gasteiger partial charge on any atom is -0.497 e. The highest BCUT2D eigenvalue weighted by Gasteiger charge is 2.08. The summed E-state index contributed by atoms with van der Waals surface area (Å²) in [6.07, 6.45) is 3.30. The first-order valence-corrected chi connectivity index (χ1v) is 8.68. The molecule has 0 heterocycles. The molecule has 0 aliphatic rings. The summed E-state index contributed by atoms with van der Waals surface area (Å²) in [4.78, 5) is 12.1. The van der Waals surface area contributed by atoms with E-state index < -0.39 is 0 Å². The zero-order valence-corrected chi connectivity index (χ0v) is 15.6. The zero-order chi connectivity index (χ0) is 17.4. The molecule has 0 saturated heterocycles. The third-order valence-electron chi connectivity index (χ3n) is 3.72. The van der Waals surface area contributed by atoms with Crippen LogP contribution in [0.4, 0.5) is 5.69 Å². The van der Waals surface area contributed by atoms with Crippen molar-refractivity contribution in [3.8, 4) is 11.5 Å². The van der Waals surface area contributed by atoms with Crippen LogP contribution >= 0.6 is 15.9 Å². The molecule has 0 atom stereocenters. The van der Waals surface area contributed by atoms with E-state index in [-0.39, 0.29) is 5.91 Å². The van der Waals surface area contributed by atoms with E-state index in [4.69, 9.17) is 9.47 Å². The number of methoxy groups -OCH3 is 2. The molecule has 0 aliphatic heterocycles. The number of amides is 1. The Kier molecular flexibility index (Phi) is 7.12. The normalized spacial score (nSPS) is 10.3. The predicted molar refractivity (Wildman–Crippen MR) is 99.9 cm³/mol. The summed E-state index contributed by atoms with van der Waals surface area (Å²) in [7, 11) is 3.17. The van der Waals surface area contributed by atoms with Gasteiger partial charge < -0.3 is 14.8 Å². The summed E-state index contributed by atoms with van der Waals surface area (Å²) in [5.41, 5.74) is 1.95. The molecular weight excluding hydrogens is 370 g/mol. The Balaban J connectivity index is 1.78. The van der Waals surface area contributed by atoms with Crippen LogP contribution in [-0.2, 0) is 11.2 Å². The van der Waals surface area contributed by atoms with Gasteiger partial charge in [-0.15, -0.1) is 0 Å². The highest BCUT2D eigenvalue weighted by molar-refractivity contribution is 9.10. The fourth-order valence-electron chi connectivity index (χ4n) is 2.38. The lowest BCUT2D eigenvalue weighted by Gasteiger charge is -2.11. The van der Waals surface area contributed by atoms with Gasteiger partial charge in [0.1, 0.15) is 11.5 Å². The van der Waals surface area contributed by atoms with Gasteiger partial charge in [0.05, 0.1) is 19.9 Å². The van der Waals surface area contributed by atoms with E-state index in [2.05, 4.69) is 33.4 Å². The standard InChI is InChI=1S/C19H22BrNO3/c1-23-16-11-12-17(18(13-16)24-2)21-19(22)6-4-3-5-14-7-9-15(20)10-8-14/h7-13H,3-6H2,1-2H3,(H,21,22). The number of hydrogen-bond acceptors (Lipinski definition) is 3. The van der Waals surface area contributed by atoms with Crippen LogP contribution in [0.15, 0.2) is 46.9 Å². The molecule has 0 aliphatic carbocycles. The van der Waals surface area contributed by atoms with Gasteiger partial charge in [0, 0.05) is 17.0 Å². The number of rotatable bonds is 8. The molecule has 1 N–H and O–H groups in total. The molecule has 0 aromatic heterocycles. The summed E-state index contributed by atoms with van der Waals surface area (Å²) >= 11 is 3.43. The summed E-state index contributed by atoms with van der Waals surface area (Å²) in [5.74, 6) is 1.28. The molecule has 0 spiro atoms. The average Bonchev–Trinajstić information content (AvgIpc) is 2.60. The van der Waals surface area contributed by atoms with E-state index in [0.29, 0.717) is 23.6 Å². The number of aryl methyl sites for hydroxylation is 1. The van der Waals surface area contributed by atoms with Crippen LogP contribution in [0.25, 0.3) is 0 Å². The van der Waals surface area contributed by atoms with Gasteiger partial charge in [-0.2, -0.15) is 0 Å². The monoisotopic (exact) mass is 391 g/mol. The Morgan fingerprint density at radius 2 is 1.79 bits per heavy atom. The maximum absolute atomic E-state index is 12.1. The Hall–Kier alpha value is -2.01. The van der Waals surface area contributed by atoms with Gasteiger partial charge in [0.25, 0.3) is 0 Å². The van der Waals surface area contributed by atoms with Gasteiger partial charge in [0.15, 0.2) is 0 Å². The number of benzene rings is 2. The molecule has 0 fully saturated rings. The Bertz CT molecular complexity index is 671. The van der Waals surface area contributed by atoms with E-state index in [1.165, 1.54) is 5.56 Å². The first kappa shape index (κ1) is 18.3. The lowest BCUT2D eigenvalue weighted by atomic mass is 10.1. The Labute approximate surface area is 151 Å². The number of unbranched alkanes of at least 4 members (excludes halogenated alkanes) is 1. The summed E-state index contributed by atoms with van der Waals surface area (Å²) in [5, 5.41) is 2.89. The Morgan fingerprint density at radius 3 is 2.46 bits per heavy atom. The second-order valence-electron chi connectivity index (χ2n) is 5.45. The van der Waals surface area contributed by atoms with Crippen LogP contribution in [0.5, 0.6) is 11.5 Å². The van der Waals surface area contributed by atoms with E-state index in [1.807, 2.05) is 12.1 Å². The fraction of sp³-hybridized carbons (Fsp3) is 0.316. The largest absolute Gasteiger partial charge is 0.497 e. The summed E-state index contributed by atoms with van der Waals surface area (Å²) in [6.45, 7) is 0. The first-order chi connectivity index (χ1) is 11.6. The van der Waals surface area contributed by atoms with Crippen molar-refractivity contribution in [3.05, 3.63) is 52.5 Å². The van der Waals surface area contributed by atoms with Crippen LogP contribution in [0.2, 0.25) is 0 Å². The van der Waals surface area contributed by atoms with Crippen LogP contribution in [0.1, 0.15) is 24.8 Å². The molecule has 2 aromatic carbocycles. The second kappa shape index (κ2) is 9.33. The number of nitrogens with one attached hydrogen (secondary N) is 1. The molecule has 4 nitrogen and oxygen atoms in total. The smallest absolute Gasteiger partial charge is 0.224 e. The van der Waals surface area contributed by atoms with Crippen molar-refractivity contribution in [1.29, 1.82) is 0 Å². The molecule has 0 bridgehead atoms. The SMILES string of the molecule is COc1ccc(NC(=O)CCCCc2ccc(Br)cc2)c(OC)c1. The topological polar surface area (TPSA) is 47.6 Å². The van der Waals surface area contributed by atoms with Gasteiger partial charge in [-0.3, -0.25) is 4.79 Å². The number of carbonyl (C=O) groups excluding carboxylic acids is 1. The van der Waals surface area contributed by atoms with Gasteiger partial charge in [0.2, 0.25) is 5.91 Å². The molecule has 0 saturated carbocycles. The van der Waals surface area contributed by atoms with Gasteiger partial charge in [-0.05, 0) is 49.1 Å². The maximum Gasteiger partial charge on any atom is 0.224 e. The quantitative estimate of drug-likeness (QED) is 0.656. The van der Waals surface area contributed by atoms with Crippen LogP contribution < -0.4 is 14.8 Å². The Morgan fingerprint density at radius 1 is 1.04 bits per heavy atom. The number of anilines is 1. The lowest BCUT2D eigenvalue weighted by molar-refractivity contribution is -0.116. The van der Waals surface area contributed by atoms with Crippen LogP contribution in [0.3, 0.4) is 0 Å². The van der Waals surface area contributed by atoms with Gasteiger partial charge in [-0.1, -0.05) is 28.1 Å². The molecule has 2 aromatic rings. The number of carbonyl (C=O) groups is 1. The van der Waals surface area contributed by atoms with Crippen molar-refractivity contribution in [3.63, 3.8) is 0 Å². The van der Waals surface area contributed by atoms with E-state index in [1.54, 1.807) is 32.4 Å². The molecule has 1 amide bonds. The highest BCUT2D eigenvalue weighted by Crippen LogP contribution is 2.29. The first-order valence-electron chi connectivity index (χ1n) is 7.88. The third kappa shape index (κ3) is 5.57. The molecule has 5 heteroatoms. The summed E-state index contributed by atoms with van der Waals surface area (Å²) < 4.78 is 11.5. The lowest BCUT2D eigenvalue weighted by Crippen LogP contribution is -2.12. The third-order valence-corrected chi connectivity index (χ3v) is 4.24. The second-order valence-corrected chi connectivity index (χ2v) is 6.36. The van der Waals surface area contributed by atoms with Crippen LogP contribution in [-0.4, -0.2) is 20.1 Å². The molecule has 2 rings (SSSR count). The zero-order valence-electron chi connectivity index (χ0n) is 14.0. The van der Waals surface area contributed by atoms with E-state index in [0.717, 1.165) is 23.7 Å². The summed E-state index contributed by atoms with van der Waals surface area (Å²) in [6, 6.07) is 13.6. The molecule has 0 unspecified atom stereocenters. The molecule has 24 heavy (non-hydrogen) atoms. The number of ether oxygens (including phenoxy) is 2. The van der Waals surface area contributed by atoms with Gasteiger partial charge >= 0.3 is 0 Å². The van der Waals surface area contributed by atoms with Crippen molar-refractivity contribution in [1.82, 2.24) is 0 Å². The fourth-order valence-corrected chi connectivity index (χ4v) is 2.64.